The van der Waals surface area contributed by atoms with Crippen LogP contribution in [0.2, 0.25) is 0 Å². The van der Waals surface area contributed by atoms with Crippen molar-refractivity contribution in [3.8, 4) is 0 Å². The number of amides is 1. The van der Waals surface area contributed by atoms with E-state index in [0.717, 1.165) is 32.1 Å². The maximum atomic E-state index is 12.6. The Morgan fingerprint density at radius 1 is 0.762 bits per heavy atom. The van der Waals surface area contributed by atoms with Crippen LogP contribution < -0.4 is 0 Å². The zero-order valence-corrected chi connectivity index (χ0v) is 15.9. The number of hydrogen-bond acceptors (Lipinski definition) is 1. The first kappa shape index (κ1) is 20.9. The van der Waals surface area contributed by atoms with Crippen molar-refractivity contribution in [3.63, 3.8) is 0 Å². The molecule has 3 heteroatoms. The summed E-state index contributed by atoms with van der Waals surface area (Å²) in [6.07, 6.45) is 13.2. The summed E-state index contributed by atoms with van der Waals surface area (Å²) in [4.78, 5) is 14.8. The van der Waals surface area contributed by atoms with Crippen molar-refractivity contribution in [2.45, 2.75) is 79.1 Å². The molecule has 0 heterocycles. The molecule has 0 rings (SSSR count). The molecule has 0 aliphatic carbocycles. The minimum Gasteiger partial charge on any atom is -0.342 e. The van der Waals surface area contributed by atoms with Crippen LogP contribution >= 0.6 is 7.92 Å². The Kier molecular flexibility index (Phi) is 14.8. The van der Waals surface area contributed by atoms with Crippen LogP contribution in [-0.2, 0) is 4.79 Å². The summed E-state index contributed by atoms with van der Waals surface area (Å²) in [5.41, 5.74) is 0. The molecule has 0 saturated heterocycles. The third kappa shape index (κ3) is 11.2. The Morgan fingerprint density at radius 2 is 1.19 bits per heavy atom. The number of nitrogens with zero attached hydrogens (tertiary/aromatic N) is 1. The van der Waals surface area contributed by atoms with Gasteiger partial charge in [-0.1, -0.05) is 61.3 Å². The van der Waals surface area contributed by atoms with E-state index in [4.69, 9.17) is 0 Å². The number of hydrogen-bond donors (Lipinski definition) is 0. The predicted octanol–water partition coefficient (Wildman–Crippen LogP) is 5.50. The molecule has 1 amide bonds. The summed E-state index contributed by atoms with van der Waals surface area (Å²) in [6, 6.07) is 0. The Hall–Kier alpha value is -0.100. The highest BCUT2D eigenvalue weighted by atomic mass is 31.1. The molecule has 0 spiro atoms. The number of unbranched alkanes of at least 4 members (excludes halogenated alkanes) is 4. The first-order valence-corrected chi connectivity index (χ1v) is 11.1. The molecule has 0 aromatic carbocycles. The Bertz CT molecular complexity index is 229. The van der Waals surface area contributed by atoms with Crippen LogP contribution in [0.4, 0.5) is 0 Å². The molecule has 2 nitrogen and oxygen atoms in total. The van der Waals surface area contributed by atoms with Crippen LogP contribution in [0, 0.1) is 0 Å². The molecule has 0 atom stereocenters. The van der Waals surface area contributed by atoms with Gasteiger partial charge in [0.15, 0.2) is 0 Å². The molecule has 0 bridgehead atoms. The molecule has 0 fully saturated rings. The van der Waals surface area contributed by atoms with E-state index in [-0.39, 0.29) is 7.92 Å². The third-order valence-electron chi connectivity index (χ3n) is 3.93. The van der Waals surface area contributed by atoms with Gasteiger partial charge >= 0.3 is 0 Å². The number of carbonyl (C=O) groups is 1. The van der Waals surface area contributed by atoms with Crippen molar-refractivity contribution in [2.75, 3.05) is 31.6 Å². The molecule has 0 N–H and O–H groups in total. The van der Waals surface area contributed by atoms with Gasteiger partial charge < -0.3 is 4.90 Å². The molecule has 21 heavy (non-hydrogen) atoms. The SMILES string of the molecule is CCCCN(CCCC)C(=O)CP(CCCC)CCCC. The van der Waals surface area contributed by atoms with Crippen LogP contribution in [-0.4, -0.2) is 42.4 Å². The highest BCUT2D eigenvalue weighted by Gasteiger charge is 2.17. The maximum Gasteiger partial charge on any atom is 0.226 e. The van der Waals surface area contributed by atoms with Crippen LogP contribution in [0.1, 0.15) is 79.1 Å². The average Bonchev–Trinajstić information content (AvgIpc) is 2.49. The Balaban J connectivity index is 4.40. The third-order valence-corrected chi connectivity index (χ3v) is 6.55. The fourth-order valence-electron chi connectivity index (χ4n) is 2.38. The molecule has 0 aliphatic rings. The number of rotatable bonds is 14. The molecule has 0 radical (unpaired) electrons. The van der Waals surface area contributed by atoms with Gasteiger partial charge in [0, 0.05) is 19.3 Å². The van der Waals surface area contributed by atoms with Crippen molar-refractivity contribution < 1.29 is 4.79 Å². The van der Waals surface area contributed by atoms with Gasteiger partial charge in [-0.25, -0.2) is 0 Å². The average molecular weight is 315 g/mol. The number of carbonyl (C=O) groups excluding carboxylic acids is 1. The lowest BCUT2D eigenvalue weighted by molar-refractivity contribution is -0.128. The molecule has 0 saturated carbocycles. The van der Waals surface area contributed by atoms with Gasteiger partial charge in [0.05, 0.1) is 0 Å². The van der Waals surface area contributed by atoms with Crippen molar-refractivity contribution in [3.05, 3.63) is 0 Å². The lowest BCUT2D eigenvalue weighted by Gasteiger charge is -2.25. The normalized spacial score (nSPS) is 11.1. The molecule has 0 aromatic rings. The van der Waals surface area contributed by atoms with Crippen molar-refractivity contribution >= 4 is 13.8 Å². The molecule has 0 unspecified atom stereocenters. The minimum atomic E-state index is -0.0655. The standard InChI is InChI=1S/C18H38NOP/c1-5-9-13-19(14-10-6-2)18(20)17-21(15-11-7-3)16-12-8-4/h5-17H2,1-4H3. The van der Waals surface area contributed by atoms with E-state index in [1.54, 1.807) is 0 Å². The first-order chi connectivity index (χ1) is 10.2. The van der Waals surface area contributed by atoms with Gasteiger partial charge in [-0.15, -0.1) is 0 Å². The quantitative estimate of drug-likeness (QED) is 0.388. The van der Waals surface area contributed by atoms with Crippen LogP contribution in [0.25, 0.3) is 0 Å². The van der Waals surface area contributed by atoms with E-state index in [1.807, 2.05) is 0 Å². The van der Waals surface area contributed by atoms with Gasteiger partial charge in [0.2, 0.25) is 5.91 Å². The van der Waals surface area contributed by atoms with E-state index >= 15 is 0 Å². The zero-order chi connectivity index (χ0) is 15.9. The van der Waals surface area contributed by atoms with Crippen molar-refractivity contribution in [1.82, 2.24) is 4.90 Å². The predicted molar refractivity (Wildman–Crippen MR) is 97.7 cm³/mol. The highest BCUT2D eigenvalue weighted by molar-refractivity contribution is 7.58. The van der Waals surface area contributed by atoms with E-state index in [2.05, 4.69) is 32.6 Å². The molecular formula is C18H38NOP. The van der Waals surface area contributed by atoms with Crippen molar-refractivity contribution in [1.29, 1.82) is 0 Å². The summed E-state index contributed by atoms with van der Waals surface area (Å²) >= 11 is 0. The molecular weight excluding hydrogens is 277 g/mol. The second-order valence-corrected chi connectivity index (χ2v) is 8.62. The van der Waals surface area contributed by atoms with E-state index in [9.17, 15) is 4.79 Å². The maximum absolute atomic E-state index is 12.6. The molecule has 126 valence electrons. The smallest absolute Gasteiger partial charge is 0.226 e. The lowest BCUT2D eigenvalue weighted by atomic mass is 10.2. The summed E-state index contributed by atoms with van der Waals surface area (Å²) < 4.78 is 0. The fourth-order valence-corrected chi connectivity index (χ4v) is 5.03. The second kappa shape index (κ2) is 14.8. The minimum absolute atomic E-state index is 0.0655. The topological polar surface area (TPSA) is 20.3 Å². The van der Waals surface area contributed by atoms with Gasteiger partial charge in [-0.3, -0.25) is 4.79 Å². The summed E-state index contributed by atoms with van der Waals surface area (Å²) in [6.45, 7) is 10.9. The molecule has 0 aliphatic heterocycles. The Morgan fingerprint density at radius 3 is 1.57 bits per heavy atom. The van der Waals surface area contributed by atoms with E-state index < -0.39 is 0 Å². The van der Waals surface area contributed by atoms with Gasteiger partial charge in [-0.05, 0) is 38.0 Å². The summed E-state index contributed by atoms with van der Waals surface area (Å²) in [5, 5.41) is 0. The largest absolute Gasteiger partial charge is 0.342 e. The molecule has 0 aromatic heterocycles. The summed E-state index contributed by atoms with van der Waals surface area (Å²) in [5.74, 6) is 0.440. The monoisotopic (exact) mass is 315 g/mol. The summed E-state index contributed by atoms with van der Waals surface area (Å²) in [7, 11) is -0.0655. The lowest BCUT2D eigenvalue weighted by Crippen LogP contribution is -2.35. The fraction of sp³-hybridized carbons (Fsp3) is 0.944. The van der Waals surface area contributed by atoms with Gasteiger partial charge in [0.1, 0.15) is 0 Å². The first-order valence-electron chi connectivity index (χ1n) is 9.19. The van der Waals surface area contributed by atoms with Gasteiger partial charge in [-0.2, -0.15) is 0 Å². The van der Waals surface area contributed by atoms with Crippen LogP contribution in [0.15, 0.2) is 0 Å². The van der Waals surface area contributed by atoms with Gasteiger partial charge in [0.25, 0.3) is 0 Å². The van der Waals surface area contributed by atoms with E-state index in [0.29, 0.717) is 5.91 Å². The van der Waals surface area contributed by atoms with Crippen LogP contribution in [0.5, 0.6) is 0 Å². The van der Waals surface area contributed by atoms with Crippen LogP contribution in [0.3, 0.4) is 0 Å². The van der Waals surface area contributed by atoms with E-state index in [1.165, 1.54) is 50.8 Å². The second-order valence-electron chi connectivity index (χ2n) is 6.07. The highest BCUT2D eigenvalue weighted by Crippen LogP contribution is 2.38. The van der Waals surface area contributed by atoms with Crippen molar-refractivity contribution in [2.24, 2.45) is 0 Å². The zero-order valence-electron chi connectivity index (χ0n) is 15.0. The Labute approximate surface area is 134 Å².